The maximum Gasteiger partial charge on any atom is 0.187 e. The lowest BCUT2D eigenvalue weighted by atomic mass is 10.1. The van der Waals surface area contributed by atoms with Crippen molar-refractivity contribution in [2.24, 2.45) is 0 Å². The number of ether oxygens (including phenoxy) is 2. The van der Waals surface area contributed by atoms with Crippen molar-refractivity contribution < 1.29 is 24.8 Å². The molecule has 4 atom stereocenters. The van der Waals surface area contributed by atoms with Gasteiger partial charge in [0, 0.05) is 6.07 Å². The molecule has 1 fully saturated rings. The van der Waals surface area contributed by atoms with Gasteiger partial charge in [0.1, 0.15) is 24.1 Å². The van der Waals surface area contributed by atoms with Crippen LogP contribution in [-0.2, 0) is 4.74 Å². The Kier molecular flexibility index (Phi) is 3.83. The number of nitrogens with two attached hydrogens (primary N) is 1. The highest BCUT2D eigenvalue weighted by Crippen LogP contribution is 2.32. The van der Waals surface area contributed by atoms with E-state index in [1.54, 1.807) is 0 Å². The van der Waals surface area contributed by atoms with Crippen molar-refractivity contribution in [1.82, 2.24) is 20.0 Å². The Balaban J connectivity index is 2.05. The van der Waals surface area contributed by atoms with Gasteiger partial charge in [-0.25, -0.2) is 4.98 Å². The van der Waals surface area contributed by atoms with Crippen LogP contribution in [0.5, 0.6) is 5.75 Å². The summed E-state index contributed by atoms with van der Waals surface area (Å²) in [5, 5.41) is 36.9. The number of nitrogens with zero attached hydrogens (tertiary/aromatic N) is 4. The van der Waals surface area contributed by atoms with Gasteiger partial charge in [0.2, 0.25) is 0 Å². The van der Waals surface area contributed by atoms with Gasteiger partial charge in [-0.2, -0.15) is 4.68 Å². The van der Waals surface area contributed by atoms with Crippen molar-refractivity contribution in [2.45, 2.75) is 31.5 Å². The van der Waals surface area contributed by atoms with Gasteiger partial charge in [-0.1, -0.05) is 5.21 Å². The van der Waals surface area contributed by atoms with Crippen LogP contribution in [0.1, 0.15) is 13.2 Å². The smallest absolute Gasteiger partial charge is 0.187 e. The summed E-state index contributed by atoms with van der Waals surface area (Å²) < 4.78 is 12.1. The molecule has 0 saturated carbocycles. The van der Waals surface area contributed by atoms with E-state index in [0.717, 1.165) is 0 Å². The number of aliphatic hydroxyl groups excluding tert-OH is 3. The molecular formula is C12H17N5O5. The normalized spacial score (nSPS) is 28.4. The third kappa shape index (κ3) is 2.25. The fourth-order valence-corrected chi connectivity index (χ4v) is 2.43. The van der Waals surface area contributed by atoms with Crippen LogP contribution in [0.2, 0.25) is 0 Å². The number of aliphatic hydroxyl groups is 3. The van der Waals surface area contributed by atoms with E-state index in [0.29, 0.717) is 17.9 Å². The van der Waals surface area contributed by atoms with E-state index < -0.39 is 31.1 Å². The van der Waals surface area contributed by atoms with Gasteiger partial charge in [-0.05, 0) is 6.92 Å². The number of aromatic nitrogens is 4. The summed E-state index contributed by atoms with van der Waals surface area (Å²) >= 11 is 0. The van der Waals surface area contributed by atoms with Crippen LogP contribution in [0.25, 0.3) is 11.2 Å². The Bertz CT molecular complexity index is 677. The third-order valence-corrected chi connectivity index (χ3v) is 3.48. The highest BCUT2D eigenvalue weighted by Gasteiger charge is 2.44. The van der Waals surface area contributed by atoms with Gasteiger partial charge >= 0.3 is 0 Å². The van der Waals surface area contributed by atoms with Crippen molar-refractivity contribution in [3.8, 4) is 5.75 Å². The van der Waals surface area contributed by atoms with Crippen LogP contribution >= 0.6 is 0 Å². The third-order valence-electron chi connectivity index (χ3n) is 3.48. The number of fused-ring (bicyclic) bond motifs is 1. The first-order chi connectivity index (χ1) is 10.6. The molecule has 0 bridgehead atoms. The molecule has 10 heteroatoms. The topological polar surface area (TPSA) is 149 Å². The first kappa shape index (κ1) is 14.9. The molecule has 2 aromatic rings. The summed E-state index contributed by atoms with van der Waals surface area (Å²) in [5.74, 6) is 0.620. The standard InChI is InChI=1S/C12H17N5O5/c1-2-21-5-3-7(13)14-11-8(5)15-16-17(11)12-10(20)9(19)6(4-18)22-12/h3,6,9-10,12,18-20H,2,4H2,1H3,(H2,13,14). The fraction of sp³-hybridized carbons (Fsp3) is 0.583. The average Bonchev–Trinajstić information content (AvgIpc) is 3.02. The summed E-state index contributed by atoms with van der Waals surface area (Å²) in [4.78, 5) is 4.13. The molecule has 3 heterocycles. The van der Waals surface area contributed by atoms with Crippen LogP contribution in [0, 0.1) is 0 Å². The first-order valence-corrected chi connectivity index (χ1v) is 6.83. The minimum Gasteiger partial charge on any atom is -0.491 e. The highest BCUT2D eigenvalue weighted by atomic mass is 16.6. The van der Waals surface area contributed by atoms with Crippen LogP contribution < -0.4 is 10.5 Å². The second-order valence-electron chi connectivity index (χ2n) is 4.91. The molecular weight excluding hydrogens is 294 g/mol. The molecule has 10 nitrogen and oxygen atoms in total. The SMILES string of the molecule is CCOc1cc(N)nc2c1nnn2C1OC(CO)C(O)C1O. The molecule has 0 spiro atoms. The van der Waals surface area contributed by atoms with E-state index in [2.05, 4.69) is 15.3 Å². The molecule has 0 aliphatic carbocycles. The average molecular weight is 311 g/mol. The van der Waals surface area contributed by atoms with Gasteiger partial charge < -0.3 is 30.5 Å². The largest absolute Gasteiger partial charge is 0.491 e. The molecule has 2 aromatic heterocycles. The van der Waals surface area contributed by atoms with E-state index in [-0.39, 0.29) is 11.5 Å². The van der Waals surface area contributed by atoms with Crippen molar-refractivity contribution in [3.05, 3.63) is 6.07 Å². The summed E-state index contributed by atoms with van der Waals surface area (Å²) in [6, 6.07) is 1.53. The number of hydrogen-bond donors (Lipinski definition) is 4. The summed E-state index contributed by atoms with van der Waals surface area (Å²) in [6.45, 7) is 1.80. The van der Waals surface area contributed by atoms with Crippen LogP contribution in [0.3, 0.4) is 0 Å². The molecule has 1 saturated heterocycles. The zero-order chi connectivity index (χ0) is 15.9. The Morgan fingerprint density at radius 3 is 2.82 bits per heavy atom. The molecule has 5 N–H and O–H groups in total. The van der Waals surface area contributed by atoms with Gasteiger partial charge in [-0.3, -0.25) is 0 Å². The molecule has 0 aromatic carbocycles. The lowest BCUT2D eigenvalue weighted by Gasteiger charge is -2.15. The van der Waals surface area contributed by atoms with E-state index in [1.165, 1.54) is 10.7 Å². The second kappa shape index (κ2) is 5.65. The summed E-state index contributed by atoms with van der Waals surface area (Å²) in [5.41, 5.74) is 6.38. The van der Waals surface area contributed by atoms with Crippen LogP contribution in [0.15, 0.2) is 6.07 Å². The molecule has 0 radical (unpaired) electrons. The predicted molar refractivity (Wildman–Crippen MR) is 73.9 cm³/mol. The zero-order valence-corrected chi connectivity index (χ0v) is 11.8. The maximum atomic E-state index is 10.1. The Labute approximate surface area is 125 Å². The van der Waals surface area contributed by atoms with Crippen molar-refractivity contribution in [1.29, 1.82) is 0 Å². The summed E-state index contributed by atoms with van der Waals surface area (Å²) in [7, 11) is 0. The van der Waals surface area contributed by atoms with Crippen molar-refractivity contribution >= 4 is 17.0 Å². The van der Waals surface area contributed by atoms with Crippen molar-refractivity contribution in [2.75, 3.05) is 18.9 Å². The zero-order valence-electron chi connectivity index (χ0n) is 11.8. The van der Waals surface area contributed by atoms with E-state index in [1.807, 2.05) is 6.92 Å². The molecule has 0 amide bonds. The Hall–Kier alpha value is -2.01. The van der Waals surface area contributed by atoms with Gasteiger partial charge in [0.05, 0.1) is 13.2 Å². The minimum atomic E-state index is -1.28. The Morgan fingerprint density at radius 1 is 1.41 bits per heavy atom. The summed E-state index contributed by atoms with van der Waals surface area (Å²) in [6.07, 6.45) is -4.45. The molecule has 4 unspecified atom stereocenters. The predicted octanol–water partition coefficient (Wildman–Crippen LogP) is -1.58. The number of nitrogen functional groups attached to an aromatic ring is 1. The molecule has 3 rings (SSSR count). The van der Waals surface area contributed by atoms with Gasteiger partial charge in [0.25, 0.3) is 0 Å². The second-order valence-corrected chi connectivity index (χ2v) is 4.91. The van der Waals surface area contributed by atoms with E-state index in [9.17, 15) is 10.2 Å². The fourth-order valence-electron chi connectivity index (χ4n) is 2.43. The number of anilines is 1. The molecule has 1 aliphatic heterocycles. The number of rotatable bonds is 4. The number of pyridine rings is 1. The highest BCUT2D eigenvalue weighted by molar-refractivity contribution is 5.79. The van der Waals surface area contributed by atoms with Crippen molar-refractivity contribution in [3.63, 3.8) is 0 Å². The lowest BCUT2D eigenvalue weighted by molar-refractivity contribution is -0.0574. The maximum absolute atomic E-state index is 10.1. The Morgan fingerprint density at radius 2 is 2.18 bits per heavy atom. The van der Waals surface area contributed by atoms with E-state index >= 15 is 0 Å². The molecule has 22 heavy (non-hydrogen) atoms. The minimum absolute atomic E-state index is 0.200. The lowest BCUT2D eigenvalue weighted by Crippen LogP contribution is -2.33. The van der Waals surface area contributed by atoms with Crippen LogP contribution in [-0.4, -0.2) is 66.8 Å². The molecule has 1 aliphatic rings. The first-order valence-electron chi connectivity index (χ1n) is 6.83. The number of hydrogen-bond acceptors (Lipinski definition) is 9. The van der Waals surface area contributed by atoms with E-state index in [4.69, 9.17) is 20.3 Å². The molecule has 120 valence electrons. The van der Waals surface area contributed by atoms with Crippen LogP contribution in [0.4, 0.5) is 5.82 Å². The van der Waals surface area contributed by atoms with Gasteiger partial charge in [-0.15, -0.1) is 5.10 Å². The van der Waals surface area contributed by atoms with Gasteiger partial charge in [0.15, 0.2) is 23.1 Å². The monoisotopic (exact) mass is 311 g/mol. The quantitative estimate of drug-likeness (QED) is 0.524.